The van der Waals surface area contributed by atoms with E-state index in [9.17, 15) is 4.79 Å². The smallest absolute Gasteiger partial charge is 0.203 e. The summed E-state index contributed by atoms with van der Waals surface area (Å²) in [6.07, 6.45) is 0.930. The van der Waals surface area contributed by atoms with Crippen molar-refractivity contribution in [3.05, 3.63) is 27.7 Å². The molecule has 1 aromatic carbocycles. The van der Waals surface area contributed by atoms with Crippen molar-refractivity contribution in [3.63, 3.8) is 0 Å². The Bertz CT molecular complexity index is 371. The van der Waals surface area contributed by atoms with Crippen molar-refractivity contribution in [2.75, 3.05) is 6.61 Å². The molecule has 0 saturated carbocycles. The highest BCUT2D eigenvalue weighted by molar-refractivity contribution is 9.10. The number of halogens is 1. The van der Waals surface area contributed by atoms with Crippen LogP contribution in [-0.4, -0.2) is 12.4 Å². The van der Waals surface area contributed by atoms with Crippen LogP contribution in [0.4, 0.5) is 0 Å². The summed E-state index contributed by atoms with van der Waals surface area (Å²) >= 11 is 3.39. The second-order valence-corrected chi connectivity index (χ2v) is 3.87. The number of hydrogen-bond donors (Lipinski definition) is 0. The van der Waals surface area contributed by atoms with Crippen LogP contribution in [0.2, 0.25) is 0 Å². The van der Waals surface area contributed by atoms with Crippen molar-refractivity contribution in [1.82, 2.24) is 0 Å². The fourth-order valence-electron chi connectivity index (χ4n) is 1.42. The Kier molecular flexibility index (Phi) is 2.12. The molecule has 1 heterocycles. The Balaban J connectivity index is 2.60. The van der Waals surface area contributed by atoms with Gasteiger partial charge in [-0.05, 0) is 40.0 Å². The first-order chi connectivity index (χ1) is 6.22. The number of aryl methyl sites for hydroxylation is 1. The van der Waals surface area contributed by atoms with Crippen LogP contribution in [-0.2, 0) is 6.42 Å². The zero-order valence-electron chi connectivity index (χ0n) is 7.26. The number of ketones is 1. The molecule has 68 valence electrons. The molecule has 2 nitrogen and oxygen atoms in total. The Labute approximate surface area is 85.0 Å². The van der Waals surface area contributed by atoms with Gasteiger partial charge in [-0.1, -0.05) is 6.92 Å². The molecule has 0 fully saturated rings. The molecule has 13 heavy (non-hydrogen) atoms. The van der Waals surface area contributed by atoms with Gasteiger partial charge in [-0.25, -0.2) is 0 Å². The Morgan fingerprint density at radius 1 is 1.54 bits per heavy atom. The molecule has 0 saturated heterocycles. The third-order valence-corrected chi connectivity index (χ3v) is 2.75. The molecule has 0 radical (unpaired) electrons. The summed E-state index contributed by atoms with van der Waals surface area (Å²) in [4.78, 5) is 11.3. The highest BCUT2D eigenvalue weighted by Gasteiger charge is 2.23. The van der Waals surface area contributed by atoms with Crippen molar-refractivity contribution < 1.29 is 9.53 Å². The molecule has 0 aliphatic carbocycles. The van der Waals surface area contributed by atoms with Crippen molar-refractivity contribution in [3.8, 4) is 5.75 Å². The largest absolute Gasteiger partial charge is 0.483 e. The van der Waals surface area contributed by atoms with Gasteiger partial charge in [0.2, 0.25) is 5.78 Å². The lowest BCUT2D eigenvalue weighted by Crippen LogP contribution is -1.99. The van der Waals surface area contributed by atoms with Crippen LogP contribution in [0.5, 0.6) is 5.75 Å². The van der Waals surface area contributed by atoms with Gasteiger partial charge < -0.3 is 4.74 Å². The van der Waals surface area contributed by atoms with Gasteiger partial charge >= 0.3 is 0 Å². The van der Waals surface area contributed by atoms with Gasteiger partial charge in [0, 0.05) is 0 Å². The van der Waals surface area contributed by atoms with Crippen molar-refractivity contribution >= 4 is 21.7 Å². The lowest BCUT2D eigenvalue weighted by molar-refractivity contribution is 0.0961. The average Bonchev–Trinajstić information content (AvgIpc) is 2.48. The van der Waals surface area contributed by atoms with Gasteiger partial charge in [0.25, 0.3) is 0 Å². The normalized spacial score (nSPS) is 14.2. The van der Waals surface area contributed by atoms with Gasteiger partial charge in [-0.3, -0.25) is 4.79 Å². The summed E-state index contributed by atoms with van der Waals surface area (Å²) in [5.74, 6) is 0.771. The Hall–Kier alpha value is -0.830. The van der Waals surface area contributed by atoms with Crippen molar-refractivity contribution in [2.45, 2.75) is 13.3 Å². The van der Waals surface area contributed by atoms with Crippen LogP contribution in [0, 0.1) is 0 Å². The molecule has 0 amide bonds. The third-order valence-electron chi connectivity index (χ3n) is 2.16. The van der Waals surface area contributed by atoms with E-state index in [-0.39, 0.29) is 12.4 Å². The van der Waals surface area contributed by atoms with Crippen LogP contribution < -0.4 is 4.74 Å². The quantitative estimate of drug-likeness (QED) is 0.755. The first kappa shape index (κ1) is 8.75. The van der Waals surface area contributed by atoms with Crippen LogP contribution in [0.15, 0.2) is 16.6 Å². The molecule has 0 unspecified atom stereocenters. The van der Waals surface area contributed by atoms with Crippen molar-refractivity contribution in [1.29, 1.82) is 0 Å². The zero-order valence-corrected chi connectivity index (χ0v) is 8.85. The maximum atomic E-state index is 11.3. The van der Waals surface area contributed by atoms with E-state index in [1.807, 2.05) is 12.1 Å². The first-order valence-corrected chi connectivity index (χ1v) is 5.00. The van der Waals surface area contributed by atoms with E-state index in [0.29, 0.717) is 11.3 Å². The highest BCUT2D eigenvalue weighted by Crippen LogP contribution is 2.34. The summed E-state index contributed by atoms with van der Waals surface area (Å²) in [7, 11) is 0. The molecule has 0 bridgehead atoms. The first-order valence-electron chi connectivity index (χ1n) is 4.20. The lowest BCUT2D eigenvalue weighted by Gasteiger charge is -2.03. The number of carbonyl (C=O) groups excluding carboxylic acids is 1. The minimum absolute atomic E-state index is 0.0750. The molecule has 2 rings (SSSR count). The van der Waals surface area contributed by atoms with E-state index in [1.165, 1.54) is 0 Å². The molecule has 0 aromatic heterocycles. The highest BCUT2D eigenvalue weighted by atomic mass is 79.9. The van der Waals surface area contributed by atoms with Crippen molar-refractivity contribution in [2.24, 2.45) is 0 Å². The topological polar surface area (TPSA) is 26.3 Å². The number of carbonyl (C=O) groups is 1. The molecule has 0 spiro atoms. The minimum atomic E-state index is 0.0750. The number of Topliss-reactive ketones (excluding diaryl/α,β-unsaturated/α-hetero) is 1. The summed E-state index contributed by atoms with van der Waals surface area (Å²) in [5.41, 5.74) is 1.87. The molecule has 1 aliphatic heterocycles. The fourth-order valence-corrected chi connectivity index (χ4v) is 2.05. The molecule has 1 aromatic rings. The SMILES string of the molecule is CCc1cc(Br)c2c(c1)C(=O)CO2. The maximum absolute atomic E-state index is 11.3. The predicted octanol–water partition coefficient (Wildman–Crippen LogP) is 2.59. The van der Waals surface area contributed by atoms with E-state index < -0.39 is 0 Å². The minimum Gasteiger partial charge on any atom is -0.483 e. The second kappa shape index (κ2) is 3.14. The van der Waals surface area contributed by atoms with Gasteiger partial charge in [-0.2, -0.15) is 0 Å². The van der Waals surface area contributed by atoms with E-state index in [2.05, 4.69) is 22.9 Å². The molecule has 0 atom stereocenters. The van der Waals surface area contributed by atoms with E-state index in [4.69, 9.17) is 4.74 Å². The standard InChI is InChI=1S/C10H9BrO2/c1-2-6-3-7-9(12)5-13-10(7)8(11)4-6/h3-4H,2,5H2,1H3. The Morgan fingerprint density at radius 2 is 2.31 bits per heavy atom. The fraction of sp³-hybridized carbons (Fsp3) is 0.300. The third kappa shape index (κ3) is 1.37. The van der Waals surface area contributed by atoms with Crippen LogP contribution >= 0.6 is 15.9 Å². The summed E-state index contributed by atoms with van der Waals surface area (Å²) in [6, 6.07) is 3.91. The van der Waals surface area contributed by atoms with Gasteiger partial charge in [0.15, 0.2) is 6.61 Å². The number of hydrogen-bond acceptors (Lipinski definition) is 2. The van der Waals surface area contributed by atoms with Gasteiger partial charge in [0.05, 0.1) is 10.0 Å². The average molecular weight is 241 g/mol. The maximum Gasteiger partial charge on any atom is 0.203 e. The number of rotatable bonds is 1. The molecular formula is C10H9BrO2. The van der Waals surface area contributed by atoms with Gasteiger partial charge in [-0.15, -0.1) is 0 Å². The molecule has 0 N–H and O–H groups in total. The summed E-state index contributed by atoms with van der Waals surface area (Å²) < 4.78 is 6.13. The molecular weight excluding hydrogens is 232 g/mol. The predicted molar refractivity (Wildman–Crippen MR) is 53.3 cm³/mol. The summed E-state index contributed by atoms with van der Waals surface area (Å²) in [6.45, 7) is 2.25. The second-order valence-electron chi connectivity index (χ2n) is 3.02. The van der Waals surface area contributed by atoms with Crippen LogP contribution in [0.25, 0.3) is 0 Å². The van der Waals surface area contributed by atoms with E-state index >= 15 is 0 Å². The van der Waals surface area contributed by atoms with Crippen LogP contribution in [0.1, 0.15) is 22.8 Å². The van der Waals surface area contributed by atoms with Crippen LogP contribution in [0.3, 0.4) is 0 Å². The number of ether oxygens (including phenoxy) is 1. The lowest BCUT2D eigenvalue weighted by atomic mass is 10.1. The van der Waals surface area contributed by atoms with E-state index in [1.54, 1.807) is 0 Å². The molecule has 1 aliphatic rings. The number of fused-ring (bicyclic) bond motifs is 1. The van der Waals surface area contributed by atoms with Gasteiger partial charge in [0.1, 0.15) is 5.75 Å². The summed E-state index contributed by atoms with van der Waals surface area (Å²) in [5, 5.41) is 0. The molecule has 3 heteroatoms. The monoisotopic (exact) mass is 240 g/mol. The number of benzene rings is 1. The Morgan fingerprint density at radius 3 is 3.00 bits per heavy atom. The van der Waals surface area contributed by atoms with E-state index in [0.717, 1.165) is 16.5 Å². The zero-order chi connectivity index (χ0) is 9.42.